The van der Waals surface area contributed by atoms with Crippen LogP contribution in [-0.2, 0) is 0 Å². The van der Waals surface area contributed by atoms with Crippen molar-refractivity contribution in [3.63, 3.8) is 0 Å². The average Bonchev–Trinajstić information content (AvgIpc) is 2.31. The molecule has 4 heteroatoms. The Hall–Kier alpha value is -1.71. The fourth-order valence-corrected chi connectivity index (χ4v) is 2.50. The third-order valence-corrected chi connectivity index (χ3v) is 3.48. The van der Waals surface area contributed by atoms with Crippen LogP contribution in [0.1, 0.15) is 43.0 Å². The van der Waals surface area contributed by atoms with Crippen LogP contribution in [0, 0.1) is 5.92 Å². The first-order valence-electron chi connectivity index (χ1n) is 6.36. The molecule has 0 amide bonds. The summed E-state index contributed by atoms with van der Waals surface area (Å²) in [6.45, 7) is 2.21. The number of carboxylic acids is 1. The first kappa shape index (κ1) is 12.7. The lowest BCUT2D eigenvalue weighted by Crippen LogP contribution is -2.24. The molecule has 1 aliphatic carbocycles. The number of hydrogen-bond acceptors (Lipinski definition) is 3. The Balaban J connectivity index is 2.14. The zero-order chi connectivity index (χ0) is 13.1. The highest BCUT2D eigenvalue weighted by molar-refractivity contribution is 5.95. The minimum atomic E-state index is -1.02. The number of hydrogen-bond donors (Lipinski definition) is 2. The molecule has 1 aromatic carbocycles. The second kappa shape index (κ2) is 5.29. The molecule has 4 nitrogen and oxygen atoms in total. The maximum atomic E-state index is 11.0. The Morgan fingerprint density at radius 3 is 2.89 bits per heavy atom. The number of carboxylic acid groups (broad SMARTS) is 1. The molecule has 0 aromatic heterocycles. The molecule has 3 N–H and O–H groups in total. The van der Waals surface area contributed by atoms with E-state index in [1.165, 1.54) is 12.5 Å². The van der Waals surface area contributed by atoms with Crippen LogP contribution in [-0.4, -0.2) is 17.2 Å². The van der Waals surface area contributed by atoms with Crippen molar-refractivity contribution in [2.75, 3.05) is 5.73 Å². The molecule has 98 valence electrons. The lowest BCUT2D eigenvalue weighted by atomic mass is 9.88. The van der Waals surface area contributed by atoms with E-state index in [0.29, 0.717) is 11.7 Å². The van der Waals surface area contributed by atoms with Crippen molar-refractivity contribution in [1.82, 2.24) is 0 Å². The first-order chi connectivity index (χ1) is 8.58. The summed E-state index contributed by atoms with van der Waals surface area (Å²) in [5, 5.41) is 9.00. The quantitative estimate of drug-likeness (QED) is 0.808. The highest BCUT2D eigenvalue weighted by atomic mass is 16.5. The summed E-state index contributed by atoms with van der Waals surface area (Å²) in [5.74, 6) is 0.136. The van der Waals surface area contributed by atoms with Gasteiger partial charge in [-0.3, -0.25) is 0 Å². The van der Waals surface area contributed by atoms with Gasteiger partial charge in [0, 0.05) is 0 Å². The number of rotatable bonds is 3. The number of nitrogen functional groups attached to an aromatic ring is 1. The van der Waals surface area contributed by atoms with Gasteiger partial charge in [0.15, 0.2) is 0 Å². The molecule has 1 aromatic rings. The number of carbonyl (C=O) groups is 1. The lowest BCUT2D eigenvalue weighted by molar-refractivity contribution is 0.0696. The monoisotopic (exact) mass is 249 g/mol. The molecule has 0 bridgehead atoms. The van der Waals surface area contributed by atoms with Crippen LogP contribution >= 0.6 is 0 Å². The third-order valence-electron chi connectivity index (χ3n) is 3.48. The summed E-state index contributed by atoms with van der Waals surface area (Å²) in [5.41, 5.74) is 6.16. The molecule has 1 saturated carbocycles. The zero-order valence-corrected chi connectivity index (χ0v) is 10.6. The molecule has 1 aliphatic rings. The highest BCUT2D eigenvalue weighted by Crippen LogP contribution is 2.31. The van der Waals surface area contributed by atoms with Crippen LogP contribution in [0.2, 0.25) is 0 Å². The summed E-state index contributed by atoms with van der Waals surface area (Å²) in [4.78, 5) is 11.0. The average molecular weight is 249 g/mol. The lowest BCUT2D eigenvalue weighted by Gasteiger charge is -2.28. The van der Waals surface area contributed by atoms with Crippen molar-refractivity contribution < 1.29 is 14.6 Å². The standard InChI is InChI=1S/C14H19NO3/c1-9-4-2-5-10(8-9)18-12-7-3-6-11(13(12)15)14(16)17/h3,6-7,9-10H,2,4-5,8,15H2,1H3,(H,16,17). The van der Waals surface area contributed by atoms with Gasteiger partial charge in [0.25, 0.3) is 0 Å². The minimum absolute atomic E-state index is 0.108. The molecular formula is C14H19NO3. The molecule has 0 spiro atoms. The van der Waals surface area contributed by atoms with E-state index < -0.39 is 5.97 Å². The Bertz CT molecular complexity index is 445. The normalized spacial score (nSPS) is 23.6. The van der Waals surface area contributed by atoms with Gasteiger partial charge in [-0.1, -0.05) is 19.4 Å². The summed E-state index contributed by atoms with van der Waals surface area (Å²) in [6, 6.07) is 4.90. The predicted molar refractivity (Wildman–Crippen MR) is 69.9 cm³/mol. The van der Waals surface area contributed by atoms with Crippen molar-refractivity contribution in [2.45, 2.75) is 38.7 Å². The van der Waals surface area contributed by atoms with Gasteiger partial charge in [0.05, 0.1) is 17.4 Å². The van der Waals surface area contributed by atoms with E-state index in [0.717, 1.165) is 19.3 Å². The van der Waals surface area contributed by atoms with Crippen LogP contribution in [0.15, 0.2) is 18.2 Å². The van der Waals surface area contributed by atoms with Crippen LogP contribution < -0.4 is 10.5 Å². The molecule has 0 saturated heterocycles. The minimum Gasteiger partial charge on any atom is -0.488 e. The van der Waals surface area contributed by atoms with Crippen LogP contribution in [0.25, 0.3) is 0 Å². The van der Waals surface area contributed by atoms with E-state index in [2.05, 4.69) is 6.92 Å². The number of benzene rings is 1. The van der Waals surface area contributed by atoms with E-state index in [-0.39, 0.29) is 17.4 Å². The number of ether oxygens (including phenoxy) is 1. The van der Waals surface area contributed by atoms with E-state index in [4.69, 9.17) is 15.6 Å². The van der Waals surface area contributed by atoms with E-state index in [1.54, 1.807) is 12.1 Å². The maximum Gasteiger partial charge on any atom is 0.337 e. The summed E-state index contributed by atoms with van der Waals surface area (Å²) >= 11 is 0. The Morgan fingerprint density at radius 2 is 2.22 bits per heavy atom. The molecule has 0 radical (unpaired) electrons. The fraction of sp³-hybridized carbons (Fsp3) is 0.500. The molecule has 0 aliphatic heterocycles. The van der Waals surface area contributed by atoms with Crippen molar-refractivity contribution in [3.05, 3.63) is 23.8 Å². The fourth-order valence-electron chi connectivity index (χ4n) is 2.50. The predicted octanol–water partition coefficient (Wildman–Crippen LogP) is 2.92. The Morgan fingerprint density at radius 1 is 1.44 bits per heavy atom. The second-order valence-electron chi connectivity index (χ2n) is 5.03. The zero-order valence-electron chi connectivity index (χ0n) is 10.6. The van der Waals surface area contributed by atoms with Gasteiger partial charge >= 0.3 is 5.97 Å². The number of para-hydroxylation sites is 1. The Kier molecular flexibility index (Phi) is 3.75. The first-order valence-corrected chi connectivity index (χ1v) is 6.36. The van der Waals surface area contributed by atoms with Gasteiger partial charge < -0.3 is 15.6 Å². The van der Waals surface area contributed by atoms with Crippen LogP contribution in [0.4, 0.5) is 5.69 Å². The van der Waals surface area contributed by atoms with E-state index in [1.807, 2.05) is 0 Å². The summed E-state index contributed by atoms with van der Waals surface area (Å²) in [7, 11) is 0. The Labute approximate surface area is 107 Å². The van der Waals surface area contributed by atoms with Crippen LogP contribution in [0.5, 0.6) is 5.75 Å². The van der Waals surface area contributed by atoms with Gasteiger partial charge in [0.2, 0.25) is 0 Å². The number of nitrogens with two attached hydrogens (primary N) is 1. The molecule has 2 atom stereocenters. The largest absolute Gasteiger partial charge is 0.488 e. The topological polar surface area (TPSA) is 72.5 Å². The highest BCUT2D eigenvalue weighted by Gasteiger charge is 2.22. The maximum absolute atomic E-state index is 11.0. The van der Waals surface area contributed by atoms with Gasteiger partial charge in [0.1, 0.15) is 5.75 Å². The molecule has 18 heavy (non-hydrogen) atoms. The van der Waals surface area contributed by atoms with Gasteiger partial charge in [-0.15, -0.1) is 0 Å². The molecule has 1 fully saturated rings. The van der Waals surface area contributed by atoms with Gasteiger partial charge in [-0.25, -0.2) is 4.79 Å². The SMILES string of the molecule is CC1CCCC(Oc2cccc(C(=O)O)c2N)C1. The smallest absolute Gasteiger partial charge is 0.337 e. The molecule has 2 rings (SSSR count). The summed E-state index contributed by atoms with van der Waals surface area (Å²) in [6.07, 6.45) is 4.58. The van der Waals surface area contributed by atoms with Crippen molar-refractivity contribution in [1.29, 1.82) is 0 Å². The molecule has 0 heterocycles. The number of aromatic carboxylic acids is 1. The van der Waals surface area contributed by atoms with E-state index in [9.17, 15) is 4.79 Å². The summed E-state index contributed by atoms with van der Waals surface area (Å²) < 4.78 is 5.86. The number of anilines is 1. The molecular weight excluding hydrogens is 230 g/mol. The van der Waals surface area contributed by atoms with Gasteiger partial charge in [-0.2, -0.15) is 0 Å². The molecule has 2 unspecified atom stereocenters. The second-order valence-corrected chi connectivity index (χ2v) is 5.03. The van der Waals surface area contributed by atoms with Crippen molar-refractivity contribution >= 4 is 11.7 Å². The van der Waals surface area contributed by atoms with E-state index >= 15 is 0 Å². The van der Waals surface area contributed by atoms with Gasteiger partial charge in [-0.05, 0) is 37.3 Å². The third kappa shape index (κ3) is 2.75. The van der Waals surface area contributed by atoms with Crippen molar-refractivity contribution in [3.8, 4) is 5.75 Å². The van der Waals surface area contributed by atoms with Crippen LogP contribution in [0.3, 0.4) is 0 Å². The van der Waals surface area contributed by atoms with Crippen molar-refractivity contribution in [2.24, 2.45) is 5.92 Å².